The van der Waals surface area contributed by atoms with Crippen molar-refractivity contribution >= 4 is 28.1 Å². The fourth-order valence-corrected chi connectivity index (χ4v) is 4.09. The van der Waals surface area contributed by atoms with Gasteiger partial charge in [0, 0.05) is 43.8 Å². The van der Waals surface area contributed by atoms with E-state index in [9.17, 15) is 4.79 Å². The highest BCUT2D eigenvalue weighted by Crippen LogP contribution is 2.24. The summed E-state index contributed by atoms with van der Waals surface area (Å²) in [5, 5.41) is 10.9. The zero-order chi connectivity index (χ0) is 19.7. The van der Waals surface area contributed by atoms with Crippen LogP contribution in [0, 0.1) is 6.92 Å². The largest absolute Gasteiger partial charge is 0.340 e. The lowest BCUT2D eigenvalue weighted by atomic mass is 10.1. The Morgan fingerprint density at radius 1 is 1.18 bits per heavy atom. The first-order valence-electron chi connectivity index (χ1n) is 9.57. The first-order chi connectivity index (χ1) is 13.5. The molecule has 7 nitrogen and oxygen atoms in total. The summed E-state index contributed by atoms with van der Waals surface area (Å²) in [4.78, 5) is 26.2. The molecule has 3 aromatic rings. The number of piperazine rings is 1. The van der Waals surface area contributed by atoms with E-state index >= 15 is 0 Å². The van der Waals surface area contributed by atoms with Gasteiger partial charge in [0.15, 0.2) is 5.01 Å². The van der Waals surface area contributed by atoms with Gasteiger partial charge in [0.1, 0.15) is 10.7 Å². The van der Waals surface area contributed by atoms with Gasteiger partial charge in [-0.25, -0.2) is 4.98 Å². The molecule has 0 atom stereocenters. The number of hydrogen-bond acceptors (Lipinski definition) is 7. The predicted octanol–water partition coefficient (Wildman–Crippen LogP) is 2.55. The number of pyridine rings is 2. The normalized spacial score (nSPS) is 15.5. The highest BCUT2D eigenvalue weighted by Gasteiger charge is 2.22. The van der Waals surface area contributed by atoms with Gasteiger partial charge in [-0.1, -0.05) is 11.3 Å². The minimum absolute atomic E-state index is 0.131. The molecule has 0 saturated carbocycles. The molecule has 1 aliphatic rings. The van der Waals surface area contributed by atoms with Crippen LogP contribution in [0.15, 0.2) is 24.4 Å². The van der Waals surface area contributed by atoms with Gasteiger partial charge in [-0.2, -0.15) is 0 Å². The molecule has 0 aliphatic carbocycles. The lowest BCUT2D eigenvalue weighted by Crippen LogP contribution is -2.51. The van der Waals surface area contributed by atoms with Crippen molar-refractivity contribution in [3.63, 3.8) is 0 Å². The molecule has 1 saturated heterocycles. The average Bonchev–Trinajstić information content (AvgIpc) is 3.14. The van der Waals surface area contributed by atoms with E-state index in [0.29, 0.717) is 12.5 Å². The monoisotopic (exact) mass is 396 g/mol. The van der Waals surface area contributed by atoms with Crippen LogP contribution in [-0.2, 0) is 11.2 Å². The molecule has 8 heteroatoms. The highest BCUT2D eigenvalue weighted by molar-refractivity contribution is 7.14. The fourth-order valence-electron chi connectivity index (χ4n) is 3.43. The van der Waals surface area contributed by atoms with Gasteiger partial charge < -0.3 is 4.90 Å². The molecule has 0 bridgehead atoms. The van der Waals surface area contributed by atoms with Crippen LogP contribution in [0.5, 0.6) is 0 Å². The molecule has 4 rings (SSSR count). The Hall–Kier alpha value is -2.45. The number of aryl methyl sites for hydroxylation is 1. The third-order valence-electron chi connectivity index (χ3n) is 5.10. The van der Waals surface area contributed by atoms with E-state index in [-0.39, 0.29) is 5.91 Å². The molecule has 1 aliphatic heterocycles. The Morgan fingerprint density at radius 3 is 2.64 bits per heavy atom. The van der Waals surface area contributed by atoms with E-state index in [0.717, 1.165) is 58.5 Å². The van der Waals surface area contributed by atoms with Crippen LogP contribution in [0.2, 0.25) is 0 Å². The first-order valence-corrected chi connectivity index (χ1v) is 10.4. The maximum Gasteiger partial charge on any atom is 0.228 e. The van der Waals surface area contributed by atoms with Crippen LogP contribution < -0.4 is 0 Å². The van der Waals surface area contributed by atoms with E-state index < -0.39 is 0 Å². The second-order valence-electron chi connectivity index (χ2n) is 7.38. The van der Waals surface area contributed by atoms with Crippen molar-refractivity contribution in [2.75, 3.05) is 26.2 Å². The van der Waals surface area contributed by atoms with E-state index in [4.69, 9.17) is 4.98 Å². The number of carbonyl (C=O) groups excluding carboxylic acids is 1. The average molecular weight is 397 g/mol. The summed E-state index contributed by atoms with van der Waals surface area (Å²) in [7, 11) is 0. The minimum atomic E-state index is 0.131. The number of amides is 1. The molecule has 1 amide bonds. The van der Waals surface area contributed by atoms with Crippen molar-refractivity contribution in [1.29, 1.82) is 0 Å². The summed E-state index contributed by atoms with van der Waals surface area (Å²) in [5.41, 5.74) is 2.38. The summed E-state index contributed by atoms with van der Waals surface area (Å²) in [6.07, 6.45) is 2.10. The third-order valence-corrected chi connectivity index (χ3v) is 5.97. The number of fused-ring (bicyclic) bond motifs is 1. The van der Waals surface area contributed by atoms with Gasteiger partial charge in [0.2, 0.25) is 5.91 Å². The zero-order valence-corrected chi connectivity index (χ0v) is 17.2. The maximum absolute atomic E-state index is 12.7. The van der Waals surface area contributed by atoms with Gasteiger partial charge in [-0.3, -0.25) is 14.7 Å². The summed E-state index contributed by atoms with van der Waals surface area (Å²) in [6, 6.07) is 6.35. The molecular formula is C20H24N6OS. The van der Waals surface area contributed by atoms with E-state index in [1.807, 2.05) is 30.0 Å². The number of rotatable bonds is 4. The molecule has 28 heavy (non-hydrogen) atoms. The molecule has 0 spiro atoms. The van der Waals surface area contributed by atoms with Gasteiger partial charge >= 0.3 is 0 Å². The van der Waals surface area contributed by atoms with Crippen molar-refractivity contribution in [3.05, 3.63) is 35.1 Å². The Balaban J connectivity index is 1.49. The molecule has 3 aromatic heterocycles. The molecule has 4 heterocycles. The van der Waals surface area contributed by atoms with Crippen molar-refractivity contribution in [2.45, 2.75) is 33.2 Å². The summed E-state index contributed by atoms with van der Waals surface area (Å²) >= 11 is 1.52. The summed E-state index contributed by atoms with van der Waals surface area (Å²) in [6.45, 7) is 9.74. The highest BCUT2D eigenvalue weighted by atomic mass is 32.1. The Kier molecular flexibility index (Phi) is 5.32. The van der Waals surface area contributed by atoms with Gasteiger partial charge in [0.25, 0.3) is 0 Å². The van der Waals surface area contributed by atoms with E-state index in [1.54, 1.807) is 6.20 Å². The Bertz CT molecular complexity index is 993. The van der Waals surface area contributed by atoms with Gasteiger partial charge in [0.05, 0.1) is 17.6 Å². The molecular weight excluding hydrogens is 372 g/mol. The maximum atomic E-state index is 12.7. The predicted molar refractivity (Wildman–Crippen MR) is 110 cm³/mol. The molecule has 0 radical (unpaired) electrons. The van der Waals surface area contributed by atoms with Crippen molar-refractivity contribution in [3.8, 4) is 10.7 Å². The van der Waals surface area contributed by atoms with Crippen LogP contribution in [0.1, 0.15) is 24.5 Å². The lowest BCUT2D eigenvalue weighted by molar-refractivity contribution is -0.132. The number of aromatic nitrogens is 4. The van der Waals surface area contributed by atoms with Gasteiger partial charge in [-0.15, -0.1) is 10.2 Å². The molecule has 0 unspecified atom stereocenters. The summed E-state index contributed by atoms with van der Waals surface area (Å²) in [5.74, 6) is 0.131. The number of nitrogens with zero attached hydrogens (tertiary/aromatic N) is 6. The van der Waals surface area contributed by atoms with Gasteiger partial charge in [-0.05, 0) is 39.0 Å². The standard InChI is InChI=1S/C20H24N6OS/c1-13(2)25-6-8-26(9-7-25)19(27)11-16-10-18-15(12-21-16)4-5-17(22-18)20-24-23-14(3)28-20/h4-5,10,12-13H,6-9,11H2,1-3H3. The van der Waals surface area contributed by atoms with Crippen LogP contribution in [0.4, 0.5) is 0 Å². The van der Waals surface area contributed by atoms with E-state index in [1.165, 1.54) is 11.3 Å². The van der Waals surface area contributed by atoms with E-state index in [2.05, 4.69) is 33.9 Å². The van der Waals surface area contributed by atoms with Crippen molar-refractivity contribution in [2.24, 2.45) is 0 Å². The zero-order valence-electron chi connectivity index (χ0n) is 16.4. The van der Waals surface area contributed by atoms with Crippen LogP contribution in [-0.4, -0.2) is 68.1 Å². The minimum Gasteiger partial charge on any atom is -0.340 e. The van der Waals surface area contributed by atoms with Crippen LogP contribution in [0.3, 0.4) is 0 Å². The third kappa shape index (κ3) is 4.02. The van der Waals surface area contributed by atoms with Crippen molar-refractivity contribution < 1.29 is 4.79 Å². The first kappa shape index (κ1) is 18.9. The number of carbonyl (C=O) groups is 1. The Morgan fingerprint density at radius 2 is 1.96 bits per heavy atom. The quantitative estimate of drug-likeness (QED) is 0.675. The topological polar surface area (TPSA) is 75.1 Å². The smallest absolute Gasteiger partial charge is 0.228 e. The summed E-state index contributed by atoms with van der Waals surface area (Å²) < 4.78 is 0. The second-order valence-corrected chi connectivity index (χ2v) is 8.56. The molecule has 146 valence electrons. The SMILES string of the molecule is Cc1nnc(-c2ccc3cnc(CC(=O)N4CCN(C(C)C)CC4)cc3n2)s1. The van der Waals surface area contributed by atoms with Crippen LogP contribution >= 0.6 is 11.3 Å². The fraction of sp³-hybridized carbons (Fsp3) is 0.450. The molecule has 0 aromatic carbocycles. The second kappa shape index (κ2) is 7.89. The molecule has 1 fully saturated rings. The van der Waals surface area contributed by atoms with Crippen molar-refractivity contribution in [1.82, 2.24) is 30.0 Å². The molecule has 0 N–H and O–H groups in total. The lowest BCUT2D eigenvalue weighted by Gasteiger charge is -2.36. The Labute approximate surface area is 168 Å². The van der Waals surface area contributed by atoms with Crippen LogP contribution in [0.25, 0.3) is 21.6 Å². The number of hydrogen-bond donors (Lipinski definition) is 0.